The second-order valence-corrected chi connectivity index (χ2v) is 5.28. The van der Waals surface area contributed by atoms with Crippen LogP contribution in [-0.4, -0.2) is 25.0 Å². The molecule has 2 aromatic carbocycles. The molecule has 0 aliphatic rings. The molecular weight excluding hydrogens is 290 g/mol. The number of carbonyl (C=O) groups excluding carboxylic acids is 1. The highest BCUT2D eigenvalue weighted by Crippen LogP contribution is 2.33. The van der Waals surface area contributed by atoms with Gasteiger partial charge in [0.2, 0.25) is 5.78 Å². The Morgan fingerprint density at radius 3 is 2.26 bits per heavy atom. The van der Waals surface area contributed by atoms with Gasteiger partial charge in [-0.2, -0.15) is 0 Å². The fraction of sp³-hybridized carbons (Fsp3) is 0.158. The van der Waals surface area contributed by atoms with Crippen LogP contribution in [0.25, 0.3) is 10.8 Å². The molecule has 4 nitrogen and oxygen atoms in total. The molecule has 0 aliphatic heterocycles. The molecule has 1 heterocycles. The van der Waals surface area contributed by atoms with Gasteiger partial charge in [-0.25, -0.2) is 0 Å². The normalized spacial score (nSPS) is 10.6. The first-order valence-corrected chi connectivity index (χ1v) is 7.26. The summed E-state index contributed by atoms with van der Waals surface area (Å²) in [7, 11) is 3.16. The standard InChI is InChI=1S/C19H17NO3/c1-12-4-6-13(7-5-12)19(21)18-15-11-17(23-3)16(22-2)10-14(15)8-9-20-18/h4-11H,1-3H3. The number of ketones is 1. The van der Waals surface area contributed by atoms with Gasteiger partial charge in [-0.15, -0.1) is 0 Å². The van der Waals surface area contributed by atoms with Crippen LogP contribution < -0.4 is 9.47 Å². The zero-order chi connectivity index (χ0) is 16.4. The van der Waals surface area contributed by atoms with Gasteiger partial charge >= 0.3 is 0 Å². The summed E-state index contributed by atoms with van der Waals surface area (Å²) < 4.78 is 10.6. The van der Waals surface area contributed by atoms with E-state index in [1.807, 2.05) is 43.3 Å². The molecule has 23 heavy (non-hydrogen) atoms. The number of methoxy groups -OCH3 is 2. The molecule has 0 unspecified atom stereocenters. The average molecular weight is 307 g/mol. The number of benzene rings is 2. The Hall–Kier alpha value is -2.88. The number of rotatable bonds is 4. The largest absolute Gasteiger partial charge is 0.493 e. The van der Waals surface area contributed by atoms with Crippen molar-refractivity contribution in [3.63, 3.8) is 0 Å². The van der Waals surface area contributed by atoms with Gasteiger partial charge in [-0.05, 0) is 30.5 Å². The first-order chi connectivity index (χ1) is 11.1. The zero-order valence-corrected chi connectivity index (χ0v) is 13.3. The molecule has 3 aromatic rings. The van der Waals surface area contributed by atoms with Crippen molar-refractivity contribution < 1.29 is 14.3 Å². The van der Waals surface area contributed by atoms with E-state index in [1.54, 1.807) is 26.5 Å². The molecule has 0 saturated carbocycles. The number of nitrogens with zero attached hydrogens (tertiary/aromatic N) is 1. The summed E-state index contributed by atoms with van der Waals surface area (Å²) >= 11 is 0. The number of hydrogen-bond acceptors (Lipinski definition) is 4. The van der Waals surface area contributed by atoms with Gasteiger partial charge in [0.25, 0.3) is 0 Å². The van der Waals surface area contributed by atoms with Crippen LogP contribution in [0.3, 0.4) is 0 Å². The minimum atomic E-state index is -0.109. The predicted molar refractivity (Wildman–Crippen MR) is 89.5 cm³/mol. The SMILES string of the molecule is COc1cc2ccnc(C(=O)c3ccc(C)cc3)c2cc1OC. The Morgan fingerprint density at radius 1 is 0.957 bits per heavy atom. The number of ether oxygens (including phenoxy) is 2. The highest BCUT2D eigenvalue weighted by molar-refractivity contribution is 6.15. The fourth-order valence-corrected chi connectivity index (χ4v) is 2.52. The van der Waals surface area contributed by atoms with Crippen LogP contribution in [0, 0.1) is 6.92 Å². The van der Waals surface area contributed by atoms with Crippen LogP contribution in [0.4, 0.5) is 0 Å². The molecule has 116 valence electrons. The van der Waals surface area contributed by atoms with Gasteiger partial charge in [0.15, 0.2) is 11.5 Å². The van der Waals surface area contributed by atoms with Crippen molar-refractivity contribution in [3.8, 4) is 11.5 Å². The summed E-state index contributed by atoms with van der Waals surface area (Å²) in [5, 5.41) is 1.63. The molecule has 0 bridgehead atoms. The number of pyridine rings is 1. The Kier molecular flexibility index (Phi) is 3.98. The summed E-state index contributed by atoms with van der Waals surface area (Å²) in [6, 6.07) is 13.0. The van der Waals surface area contributed by atoms with Gasteiger partial charge in [-0.3, -0.25) is 9.78 Å². The molecule has 0 amide bonds. The Bertz CT molecular complexity index is 870. The van der Waals surface area contributed by atoms with E-state index < -0.39 is 0 Å². The van der Waals surface area contributed by atoms with Crippen molar-refractivity contribution in [2.75, 3.05) is 14.2 Å². The highest BCUT2D eigenvalue weighted by Gasteiger charge is 2.16. The van der Waals surface area contributed by atoms with Crippen LogP contribution in [0.1, 0.15) is 21.6 Å². The maximum Gasteiger partial charge on any atom is 0.211 e. The van der Waals surface area contributed by atoms with Crippen molar-refractivity contribution in [2.45, 2.75) is 6.92 Å². The van der Waals surface area contributed by atoms with Crippen LogP contribution in [-0.2, 0) is 0 Å². The zero-order valence-electron chi connectivity index (χ0n) is 13.3. The quantitative estimate of drug-likeness (QED) is 0.688. The predicted octanol–water partition coefficient (Wildman–Crippen LogP) is 3.79. The maximum atomic E-state index is 12.8. The molecule has 0 saturated heterocycles. The van der Waals surface area contributed by atoms with Crippen LogP contribution >= 0.6 is 0 Å². The summed E-state index contributed by atoms with van der Waals surface area (Å²) in [6.45, 7) is 1.99. The van der Waals surface area contributed by atoms with Gasteiger partial charge in [0.1, 0.15) is 5.69 Å². The number of aromatic nitrogens is 1. The van der Waals surface area contributed by atoms with E-state index in [1.165, 1.54) is 0 Å². The lowest BCUT2D eigenvalue weighted by molar-refractivity contribution is 0.103. The van der Waals surface area contributed by atoms with E-state index in [9.17, 15) is 4.79 Å². The summed E-state index contributed by atoms with van der Waals surface area (Å²) in [4.78, 5) is 17.1. The molecule has 4 heteroatoms. The fourth-order valence-electron chi connectivity index (χ4n) is 2.52. The molecular formula is C19H17NO3. The monoisotopic (exact) mass is 307 g/mol. The number of fused-ring (bicyclic) bond motifs is 1. The van der Waals surface area contributed by atoms with Crippen molar-refractivity contribution in [3.05, 3.63) is 65.5 Å². The van der Waals surface area contributed by atoms with Crippen molar-refractivity contribution in [1.82, 2.24) is 4.98 Å². The number of aryl methyl sites for hydroxylation is 1. The summed E-state index contributed by atoms with van der Waals surface area (Å²) in [5.74, 6) is 1.09. The van der Waals surface area contributed by atoms with E-state index >= 15 is 0 Å². The lowest BCUT2D eigenvalue weighted by Gasteiger charge is -2.11. The molecule has 1 aromatic heterocycles. The Morgan fingerprint density at radius 2 is 1.61 bits per heavy atom. The Balaban J connectivity index is 2.17. The van der Waals surface area contributed by atoms with Crippen LogP contribution in [0.15, 0.2) is 48.7 Å². The van der Waals surface area contributed by atoms with Gasteiger partial charge in [0, 0.05) is 17.1 Å². The second kappa shape index (κ2) is 6.08. The van der Waals surface area contributed by atoms with Crippen LogP contribution in [0.2, 0.25) is 0 Å². The highest BCUT2D eigenvalue weighted by atomic mass is 16.5. The molecule has 0 atom stereocenters. The third-order valence-electron chi connectivity index (χ3n) is 3.80. The Labute approximate surface area is 134 Å². The molecule has 0 radical (unpaired) electrons. The summed E-state index contributed by atoms with van der Waals surface area (Å²) in [5.41, 5.74) is 2.14. The van der Waals surface area contributed by atoms with Crippen molar-refractivity contribution in [2.24, 2.45) is 0 Å². The van der Waals surface area contributed by atoms with E-state index in [2.05, 4.69) is 4.98 Å². The topological polar surface area (TPSA) is 48.4 Å². The molecule has 0 spiro atoms. The molecule has 3 rings (SSSR count). The van der Waals surface area contributed by atoms with Gasteiger partial charge in [0.05, 0.1) is 14.2 Å². The minimum absolute atomic E-state index is 0.109. The second-order valence-electron chi connectivity index (χ2n) is 5.28. The molecule has 0 fully saturated rings. The maximum absolute atomic E-state index is 12.8. The first-order valence-electron chi connectivity index (χ1n) is 7.26. The van der Waals surface area contributed by atoms with Gasteiger partial charge in [-0.1, -0.05) is 29.8 Å². The average Bonchev–Trinajstić information content (AvgIpc) is 2.60. The lowest BCUT2D eigenvalue weighted by Crippen LogP contribution is -2.05. The third kappa shape index (κ3) is 2.75. The molecule has 0 aliphatic carbocycles. The van der Waals surface area contributed by atoms with E-state index in [-0.39, 0.29) is 5.78 Å². The van der Waals surface area contributed by atoms with Crippen molar-refractivity contribution >= 4 is 16.6 Å². The third-order valence-corrected chi connectivity index (χ3v) is 3.80. The van der Waals surface area contributed by atoms with E-state index in [4.69, 9.17) is 9.47 Å². The smallest absolute Gasteiger partial charge is 0.211 e. The van der Waals surface area contributed by atoms with E-state index in [0.717, 1.165) is 16.3 Å². The first kappa shape index (κ1) is 15.0. The van der Waals surface area contributed by atoms with Crippen molar-refractivity contribution in [1.29, 1.82) is 0 Å². The minimum Gasteiger partial charge on any atom is -0.493 e. The number of hydrogen-bond donors (Lipinski definition) is 0. The number of carbonyl (C=O) groups is 1. The van der Waals surface area contributed by atoms with Crippen LogP contribution in [0.5, 0.6) is 11.5 Å². The van der Waals surface area contributed by atoms with E-state index in [0.29, 0.717) is 22.8 Å². The lowest BCUT2D eigenvalue weighted by atomic mass is 10.0. The molecule has 0 N–H and O–H groups in total. The summed E-state index contributed by atoms with van der Waals surface area (Å²) in [6.07, 6.45) is 1.63. The van der Waals surface area contributed by atoms with Gasteiger partial charge < -0.3 is 9.47 Å².